The Bertz CT molecular complexity index is 170. The van der Waals surface area contributed by atoms with Crippen molar-refractivity contribution >= 4 is 27.5 Å². The summed E-state index contributed by atoms with van der Waals surface area (Å²) in [5.74, 6) is 0. The normalized spacial score (nSPS) is 16.8. The lowest BCUT2D eigenvalue weighted by Gasteiger charge is -1.96. The predicted molar refractivity (Wildman–Crippen MR) is 47.9 cm³/mol. The highest BCUT2D eigenvalue weighted by atomic mass is 127. The average Bonchev–Trinajstić information content (AvgIpc) is 1.91. The molecule has 0 aromatic rings. The third-order valence-corrected chi connectivity index (χ3v) is 2.11. The van der Waals surface area contributed by atoms with E-state index in [1.165, 1.54) is 12.0 Å². The number of halogens is 1. The summed E-state index contributed by atoms with van der Waals surface area (Å²) in [5.41, 5.74) is 1.28. The fourth-order valence-corrected chi connectivity index (χ4v) is 1.75. The van der Waals surface area contributed by atoms with E-state index < -0.39 is 0 Å². The first-order valence-corrected chi connectivity index (χ1v) is 4.92. The van der Waals surface area contributed by atoms with Crippen LogP contribution in [0.3, 0.4) is 0 Å². The van der Waals surface area contributed by atoms with Gasteiger partial charge in [0.25, 0.3) is 0 Å². The molecule has 0 aromatic carbocycles. The van der Waals surface area contributed by atoms with E-state index >= 15 is 0 Å². The molecule has 50 valence electrons. The zero-order valence-electron chi connectivity index (χ0n) is 5.34. The Morgan fingerprint density at radius 3 is 3.11 bits per heavy atom. The van der Waals surface area contributed by atoms with Crippen LogP contribution in [0.4, 0.5) is 0 Å². The molecule has 1 aliphatic rings. The molecule has 0 saturated heterocycles. The van der Waals surface area contributed by atoms with E-state index in [1.807, 2.05) is 12.4 Å². The van der Waals surface area contributed by atoms with Gasteiger partial charge in [0.1, 0.15) is 21.3 Å². The molecule has 0 radical (unpaired) electrons. The molecule has 1 rings (SSSR count). The van der Waals surface area contributed by atoms with Crippen molar-refractivity contribution in [2.24, 2.45) is 6.35 Å². The van der Waals surface area contributed by atoms with Crippen molar-refractivity contribution in [1.29, 1.82) is 0 Å². The summed E-state index contributed by atoms with van der Waals surface area (Å²) in [6.07, 6.45) is 6.23. The van der Waals surface area contributed by atoms with E-state index in [0.717, 1.165) is 6.42 Å². The summed E-state index contributed by atoms with van der Waals surface area (Å²) in [6, 6.07) is 0. The zero-order valence-corrected chi connectivity index (χ0v) is 7.50. The number of nitrogens with zero attached hydrogens (tertiary/aromatic N) is 2. The lowest BCUT2D eigenvalue weighted by atomic mass is 10.2. The van der Waals surface area contributed by atoms with Crippen LogP contribution in [0.1, 0.15) is 19.8 Å². The summed E-state index contributed by atoms with van der Waals surface area (Å²) in [5, 5.41) is 0. The fourth-order valence-electron chi connectivity index (χ4n) is 0.645. The van der Waals surface area contributed by atoms with Crippen molar-refractivity contribution in [3.05, 3.63) is 11.8 Å². The van der Waals surface area contributed by atoms with Gasteiger partial charge in [0.15, 0.2) is 0 Å². The summed E-state index contributed by atoms with van der Waals surface area (Å²) >= 11 is -0.206. The van der Waals surface area contributed by atoms with Crippen LogP contribution in [0.2, 0.25) is 0 Å². The third kappa shape index (κ3) is 2.34. The fraction of sp³-hybridized carbons (Fsp3) is 0.500. The lowest BCUT2D eigenvalue weighted by Crippen LogP contribution is -1.83. The van der Waals surface area contributed by atoms with Crippen LogP contribution >= 0.6 is 21.3 Å². The molecule has 1 heterocycles. The van der Waals surface area contributed by atoms with E-state index in [1.54, 1.807) is 0 Å². The van der Waals surface area contributed by atoms with Crippen LogP contribution < -0.4 is 0 Å². The van der Waals surface area contributed by atoms with E-state index in [2.05, 4.69) is 13.3 Å². The van der Waals surface area contributed by atoms with Gasteiger partial charge < -0.3 is 0 Å². The van der Waals surface area contributed by atoms with Crippen molar-refractivity contribution in [2.75, 3.05) is 0 Å². The number of hydrogen-bond acceptors (Lipinski definition) is 2. The van der Waals surface area contributed by atoms with E-state index in [0.29, 0.717) is 0 Å². The maximum absolute atomic E-state index is 4.13. The highest BCUT2D eigenvalue weighted by Crippen LogP contribution is 2.13. The molecule has 0 aromatic heterocycles. The second-order valence-corrected chi connectivity index (χ2v) is 3.40. The minimum absolute atomic E-state index is 0.206. The van der Waals surface area contributed by atoms with Gasteiger partial charge in [0.2, 0.25) is 0 Å². The first kappa shape index (κ1) is 7.05. The van der Waals surface area contributed by atoms with Crippen molar-refractivity contribution in [3.63, 3.8) is 0 Å². The molecular weight excluding hydrogens is 227 g/mol. The number of allylic oxidation sites excluding steroid dienone is 1. The standard InChI is InChI=1S/C6H9IN2/c1-2-3-6-4-8-7-9-5-6/h4-5H,2-3H2,1H3. The second kappa shape index (κ2) is 3.87. The molecule has 0 N–H and O–H groups in total. The molecule has 0 atom stereocenters. The number of rotatable bonds is 2. The van der Waals surface area contributed by atoms with Gasteiger partial charge in [-0.3, -0.25) is 0 Å². The Balaban J connectivity index is 2.51. The quantitative estimate of drug-likeness (QED) is 0.658. The van der Waals surface area contributed by atoms with Crippen LogP contribution in [-0.4, -0.2) is 6.21 Å². The SMILES string of the molecule is CCCC1=CN=IN=C1. The topological polar surface area (TPSA) is 24.7 Å². The summed E-state index contributed by atoms with van der Waals surface area (Å²) < 4.78 is 8.25. The highest BCUT2D eigenvalue weighted by molar-refractivity contribution is 14.1. The Kier molecular flexibility index (Phi) is 3.03. The minimum atomic E-state index is -0.206. The van der Waals surface area contributed by atoms with Crippen LogP contribution in [0.15, 0.2) is 18.1 Å². The van der Waals surface area contributed by atoms with Crippen LogP contribution in [0.25, 0.3) is 0 Å². The summed E-state index contributed by atoms with van der Waals surface area (Å²) in [4.78, 5) is 0. The van der Waals surface area contributed by atoms with Crippen LogP contribution in [0.5, 0.6) is 0 Å². The highest BCUT2D eigenvalue weighted by Gasteiger charge is 1.92. The largest absolute Gasteiger partial charge is 0.212 e. The smallest absolute Gasteiger partial charge is 0.142 e. The van der Waals surface area contributed by atoms with Crippen molar-refractivity contribution in [3.8, 4) is 0 Å². The van der Waals surface area contributed by atoms with Gasteiger partial charge in [-0.1, -0.05) is 13.3 Å². The van der Waals surface area contributed by atoms with E-state index in [9.17, 15) is 0 Å². The molecule has 0 saturated carbocycles. The second-order valence-electron chi connectivity index (χ2n) is 1.85. The van der Waals surface area contributed by atoms with Gasteiger partial charge in [0.05, 0.1) is 0 Å². The van der Waals surface area contributed by atoms with Gasteiger partial charge in [-0.25, -0.2) is 6.35 Å². The van der Waals surface area contributed by atoms with Gasteiger partial charge in [0, 0.05) is 12.4 Å². The molecule has 0 bridgehead atoms. The predicted octanol–water partition coefficient (Wildman–Crippen LogP) is 2.82. The summed E-state index contributed by atoms with van der Waals surface area (Å²) in [7, 11) is 0. The van der Waals surface area contributed by atoms with Crippen LogP contribution in [0, 0.1) is 0 Å². The first-order valence-electron chi connectivity index (χ1n) is 2.99. The minimum Gasteiger partial charge on any atom is -0.212 e. The van der Waals surface area contributed by atoms with Gasteiger partial charge >= 0.3 is 0 Å². The monoisotopic (exact) mass is 236 g/mol. The lowest BCUT2D eigenvalue weighted by molar-refractivity contribution is 0.937. The zero-order chi connectivity index (χ0) is 6.53. The van der Waals surface area contributed by atoms with Gasteiger partial charge in [-0.15, -0.1) is 0 Å². The molecule has 1 aliphatic heterocycles. The van der Waals surface area contributed by atoms with Crippen molar-refractivity contribution < 1.29 is 0 Å². The first-order chi connectivity index (χ1) is 4.43. The number of hydrogen-bond donors (Lipinski definition) is 0. The van der Waals surface area contributed by atoms with Gasteiger partial charge in [-0.05, 0) is 12.0 Å². The Hall–Kier alpha value is -0.0600. The Morgan fingerprint density at radius 1 is 1.67 bits per heavy atom. The average molecular weight is 236 g/mol. The van der Waals surface area contributed by atoms with E-state index in [-0.39, 0.29) is 21.3 Å². The maximum atomic E-state index is 4.13. The molecule has 0 aliphatic carbocycles. The maximum Gasteiger partial charge on any atom is 0.142 e. The third-order valence-electron chi connectivity index (χ3n) is 1.06. The van der Waals surface area contributed by atoms with Gasteiger partial charge in [-0.2, -0.15) is 0 Å². The van der Waals surface area contributed by atoms with Crippen molar-refractivity contribution in [2.45, 2.75) is 19.8 Å². The molecular formula is C6H9IN2. The Morgan fingerprint density at radius 2 is 2.56 bits per heavy atom. The molecule has 0 spiro atoms. The molecule has 2 nitrogen and oxygen atoms in total. The molecule has 0 unspecified atom stereocenters. The Labute approximate surface area is 65.6 Å². The molecule has 0 fully saturated rings. The molecule has 0 amide bonds. The molecule has 9 heavy (non-hydrogen) atoms. The van der Waals surface area contributed by atoms with E-state index in [4.69, 9.17) is 0 Å². The van der Waals surface area contributed by atoms with Crippen LogP contribution in [-0.2, 0) is 0 Å². The summed E-state index contributed by atoms with van der Waals surface area (Å²) in [6.45, 7) is 2.17. The molecule has 3 heteroatoms. The van der Waals surface area contributed by atoms with Crippen molar-refractivity contribution in [1.82, 2.24) is 0 Å².